The number of aromatic nitrogens is 4. The first kappa shape index (κ1) is 15.3. The fourth-order valence-corrected chi connectivity index (χ4v) is 3.06. The van der Waals surface area contributed by atoms with Crippen LogP contribution >= 0.6 is 11.3 Å². The van der Waals surface area contributed by atoms with Gasteiger partial charge in [0.2, 0.25) is 0 Å². The molecular formula is C17H13N5O2S. The zero-order valence-electron chi connectivity index (χ0n) is 13.0. The Bertz CT molecular complexity index is 976. The van der Waals surface area contributed by atoms with Gasteiger partial charge in [-0.25, -0.2) is 4.98 Å². The van der Waals surface area contributed by atoms with Crippen LogP contribution in [0.25, 0.3) is 22.0 Å². The number of thiophene rings is 1. The van der Waals surface area contributed by atoms with Crippen molar-refractivity contribution in [2.75, 3.05) is 0 Å². The molecular weight excluding hydrogens is 338 g/mol. The van der Waals surface area contributed by atoms with Gasteiger partial charge in [0.25, 0.3) is 5.91 Å². The highest BCUT2D eigenvalue weighted by Crippen LogP contribution is 2.23. The predicted octanol–water partition coefficient (Wildman–Crippen LogP) is 3.12. The zero-order chi connectivity index (χ0) is 17.1. The first-order valence-electron chi connectivity index (χ1n) is 7.52. The van der Waals surface area contributed by atoms with Gasteiger partial charge < -0.3 is 9.73 Å². The van der Waals surface area contributed by atoms with Gasteiger partial charge in [-0.3, -0.25) is 14.9 Å². The van der Waals surface area contributed by atoms with Gasteiger partial charge >= 0.3 is 0 Å². The van der Waals surface area contributed by atoms with E-state index in [0.717, 1.165) is 10.6 Å². The van der Waals surface area contributed by atoms with E-state index < -0.39 is 0 Å². The van der Waals surface area contributed by atoms with E-state index in [1.165, 1.54) is 0 Å². The molecule has 4 aromatic heterocycles. The number of rotatable bonds is 5. The van der Waals surface area contributed by atoms with Crippen molar-refractivity contribution < 1.29 is 9.21 Å². The summed E-state index contributed by atoms with van der Waals surface area (Å²) < 4.78 is 5.36. The fraction of sp³-hybridized carbons (Fsp3) is 0.0588. The van der Waals surface area contributed by atoms with Crippen LogP contribution in [-0.4, -0.2) is 26.1 Å². The lowest BCUT2D eigenvalue weighted by Gasteiger charge is -2.06. The Balaban J connectivity index is 1.48. The van der Waals surface area contributed by atoms with Crippen molar-refractivity contribution in [2.45, 2.75) is 6.54 Å². The molecule has 0 spiro atoms. The molecule has 0 aliphatic carbocycles. The molecule has 0 aromatic carbocycles. The number of hydrogen-bond acceptors (Lipinski definition) is 6. The molecule has 0 bridgehead atoms. The van der Waals surface area contributed by atoms with Crippen LogP contribution in [0, 0.1) is 0 Å². The molecule has 2 N–H and O–H groups in total. The zero-order valence-corrected chi connectivity index (χ0v) is 13.8. The predicted molar refractivity (Wildman–Crippen MR) is 92.8 cm³/mol. The molecule has 0 radical (unpaired) electrons. The minimum absolute atomic E-state index is 0.226. The Kier molecular flexibility index (Phi) is 4.09. The highest BCUT2D eigenvalue weighted by Gasteiger charge is 2.15. The van der Waals surface area contributed by atoms with Crippen LogP contribution in [-0.2, 0) is 6.54 Å². The smallest absolute Gasteiger partial charge is 0.272 e. The van der Waals surface area contributed by atoms with Crippen molar-refractivity contribution in [3.05, 3.63) is 65.8 Å². The van der Waals surface area contributed by atoms with Crippen LogP contribution in [0.4, 0.5) is 0 Å². The fourth-order valence-electron chi connectivity index (χ4n) is 2.37. The standard InChI is InChI=1S/C17H13N5O2S/c23-17(12-9-11(21-22-12)15-4-2-8-25-15)20-10-13-16(19-6-5-18-13)14-3-1-7-24-14/h1-9H,10H2,(H,20,23)(H,21,22). The summed E-state index contributed by atoms with van der Waals surface area (Å²) in [7, 11) is 0. The first-order valence-corrected chi connectivity index (χ1v) is 8.40. The third kappa shape index (κ3) is 3.20. The number of nitrogens with one attached hydrogen (secondary N) is 2. The van der Waals surface area contributed by atoms with Gasteiger partial charge in [0, 0.05) is 12.4 Å². The average Bonchev–Trinajstić information content (AvgIpc) is 3.41. The van der Waals surface area contributed by atoms with E-state index >= 15 is 0 Å². The van der Waals surface area contributed by atoms with Gasteiger partial charge in [0.05, 0.1) is 29.1 Å². The molecule has 7 nitrogen and oxygen atoms in total. The SMILES string of the molecule is O=C(NCc1nccnc1-c1ccco1)c1cc(-c2cccs2)[nH]n1. The number of carbonyl (C=O) groups is 1. The number of nitrogens with zero attached hydrogens (tertiary/aromatic N) is 3. The monoisotopic (exact) mass is 351 g/mol. The summed E-state index contributed by atoms with van der Waals surface area (Å²) in [6, 6.07) is 9.23. The van der Waals surface area contributed by atoms with Crippen LogP contribution in [0.3, 0.4) is 0 Å². The van der Waals surface area contributed by atoms with Crippen LogP contribution in [0.2, 0.25) is 0 Å². The van der Waals surface area contributed by atoms with E-state index in [2.05, 4.69) is 25.5 Å². The Morgan fingerprint density at radius 2 is 2.16 bits per heavy atom. The van der Waals surface area contributed by atoms with Crippen molar-refractivity contribution in [1.82, 2.24) is 25.5 Å². The molecule has 4 rings (SSSR count). The number of hydrogen-bond donors (Lipinski definition) is 2. The van der Waals surface area contributed by atoms with E-state index in [1.54, 1.807) is 48.2 Å². The maximum Gasteiger partial charge on any atom is 0.272 e. The molecule has 0 aliphatic rings. The summed E-state index contributed by atoms with van der Waals surface area (Å²) in [6.07, 6.45) is 4.74. The van der Waals surface area contributed by atoms with Crippen molar-refractivity contribution in [3.63, 3.8) is 0 Å². The summed E-state index contributed by atoms with van der Waals surface area (Å²) in [6.45, 7) is 0.226. The Labute approximate surface area is 146 Å². The minimum atomic E-state index is -0.282. The minimum Gasteiger partial charge on any atom is -0.463 e. The molecule has 4 aromatic rings. The maximum absolute atomic E-state index is 12.3. The van der Waals surface area contributed by atoms with Gasteiger partial charge in [0.1, 0.15) is 5.69 Å². The molecule has 1 amide bonds. The third-order valence-electron chi connectivity index (χ3n) is 3.54. The van der Waals surface area contributed by atoms with Crippen LogP contribution in [0.1, 0.15) is 16.2 Å². The van der Waals surface area contributed by atoms with Gasteiger partial charge in [-0.1, -0.05) is 6.07 Å². The number of H-pyrrole nitrogens is 1. The summed E-state index contributed by atoms with van der Waals surface area (Å²) in [4.78, 5) is 21.9. The van der Waals surface area contributed by atoms with Gasteiger partial charge in [0.15, 0.2) is 11.5 Å². The molecule has 124 valence electrons. The molecule has 4 heterocycles. The second kappa shape index (κ2) is 6.70. The molecule has 0 saturated carbocycles. The lowest BCUT2D eigenvalue weighted by Crippen LogP contribution is -2.24. The Morgan fingerprint density at radius 1 is 1.24 bits per heavy atom. The van der Waals surface area contributed by atoms with Gasteiger partial charge in [-0.05, 0) is 29.6 Å². The van der Waals surface area contributed by atoms with E-state index in [4.69, 9.17) is 4.42 Å². The van der Waals surface area contributed by atoms with Crippen molar-refractivity contribution in [1.29, 1.82) is 0 Å². The molecule has 0 aliphatic heterocycles. The molecule has 8 heteroatoms. The highest BCUT2D eigenvalue weighted by molar-refractivity contribution is 7.13. The molecule has 25 heavy (non-hydrogen) atoms. The largest absolute Gasteiger partial charge is 0.463 e. The Hall–Kier alpha value is -3.26. The second-order valence-corrected chi connectivity index (χ2v) is 6.10. The second-order valence-electron chi connectivity index (χ2n) is 5.16. The van der Waals surface area contributed by atoms with Crippen LogP contribution in [0.15, 0.2) is 58.8 Å². The quantitative estimate of drug-likeness (QED) is 0.576. The van der Waals surface area contributed by atoms with Crippen LogP contribution < -0.4 is 5.32 Å². The van der Waals surface area contributed by atoms with Gasteiger partial charge in [-0.15, -0.1) is 11.3 Å². The summed E-state index contributed by atoms with van der Waals surface area (Å²) in [5.74, 6) is 0.326. The molecule has 0 atom stereocenters. The third-order valence-corrected chi connectivity index (χ3v) is 4.45. The van der Waals surface area contributed by atoms with E-state index in [9.17, 15) is 4.79 Å². The summed E-state index contributed by atoms with van der Waals surface area (Å²) >= 11 is 1.58. The number of aromatic amines is 1. The molecule has 0 unspecified atom stereocenters. The van der Waals surface area contributed by atoms with Crippen molar-refractivity contribution in [3.8, 4) is 22.0 Å². The number of amides is 1. The first-order chi connectivity index (χ1) is 12.3. The summed E-state index contributed by atoms with van der Waals surface area (Å²) in [5, 5.41) is 11.7. The topological polar surface area (TPSA) is 96.7 Å². The average molecular weight is 351 g/mol. The highest BCUT2D eigenvalue weighted by atomic mass is 32.1. The lowest BCUT2D eigenvalue weighted by atomic mass is 10.2. The number of furan rings is 1. The van der Waals surface area contributed by atoms with Crippen molar-refractivity contribution >= 4 is 17.2 Å². The van der Waals surface area contributed by atoms with Crippen molar-refractivity contribution in [2.24, 2.45) is 0 Å². The van der Waals surface area contributed by atoms with E-state index in [-0.39, 0.29) is 12.5 Å². The molecule has 0 saturated heterocycles. The number of carbonyl (C=O) groups excluding carboxylic acids is 1. The van der Waals surface area contributed by atoms with E-state index in [1.807, 2.05) is 17.5 Å². The van der Waals surface area contributed by atoms with Gasteiger partial charge in [-0.2, -0.15) is 5.10 Å². The van der Waals surface area contributed by atoms with Crippen LogP contribution in [0.5, 0.6) is 0 Å². The van der Waals surface area contributed by atoms with E-state index in [0.29, 0.717) is 22.8 Å². The molecule has 0 fully saturated rings. The Morgan fingerprint density at radius 3 is 2.96 bits per heavy atom. The maximum atomic E-state index is 12.3. The lowest BCUT2D eigenvalue weighted by molar-refractivity contribution is 0.0945. The normalized spacial score (nSPS) is 10.7. The summed E-state index contributed by atoms with van der Waals surface area (Å²) in [5.41, 5.74) is 2.37.